The van der Waals surface area contributed by atoms with Crippen molar-refractivity contribution in [3.8, 4) is 22.9 Å². The number of carbonyl (C=O) groups is 1. The molecule has 1 heterocycles. The van der Waals surface area contributed by atoms with Crippen LogP contribution in [0.15, 0.2) is 47.6 Å². The molecule has 0 aliphatic rings. The Morgan fingerprint density at radius 1 is 1.03 bits per heavy atom. The summed E-state index contributed by atoms with van der Waals surface area (Å²) in [6.45, 7) is 1.79. The summed E-state index contributed by atoms with van der Waals surface area (Å²) in [5.74, 6) is 1.67. The fourth-order valence-electron chi connectivity index (χ4n) is 2.51. The number of anilines is 1. The molecule has 10 heteroatoms. The first-order chi connectivity index (χ1) is 14.0. The summed E-state index contributed by atoms with van der Waals surface area (Å²) in [5.41, 5.74) is 1.38. The van der Waals surface area contributed by atoms with Gasteiger partial charge in [-0.3, -0.25) is 4.79 Å². The topological polar surface area (TPSA) is 100 Å². The molecule has 29 heavy (non-hydrogen) atoms. The zero-order valence-electron chi connectivity index (χ0n) is 16.4. The Labute approximate surface area is 172 Å². The van der Waals surface area contributed by atoms with Gasteiger partial charge in [0.05, 0.1) is 32.3 Å². The molecule has 0 aliphatic heterocycles. The normalized spacial score (nSPS) is 11.6. The second-order valence-electron chi connectivity index (χ2n) is 5.89. The number of benzene rings is 2. The molecule has 0 spiro atoms. The van der Waals surface area contributed by atoms with Gasteiger partial charge in [-0.1, -0.05) is 11.8 Å². The minimum absolute atomic E-state index is 0.188. The lowest BCUT2D eigenvalue weighted by atomic mass is 10.2. The van der Waals surface area contributed by atoms with E-state index < -0.39 is 5.25 Å². The Balaban J connectivity index is 1.70. The number of nitrogens with zero attached hydrogens (tertiary/aromatic N) is 4. The second kappa shape index (κ2) is 9.28. The summed E-state index contributed by atoms with van der Waals surface area (Å²) in [7, 11) is 4.70. The van der Waals surface area contributed by atoms with E-state index in [1.807, 2.05) is 24.3 Å². The van der Waals surface area contributed by atoms with Crippen LogP contribution in [0.5, 0.6) is 17.2 Å². The molecule has 3 aromatic rings. The number of tetrazole rings is 1. The number of aromatic nitrogens is 4. The third-order valence-electron chi connectivity index (χ3n) is 4.06. The van der Waals surface area contributed by atoms with Crippen LogP contribution in [-0.4, -0.2) is 52.7 Å². The van der Waals surface area contributed by atoms with E-state index in [1.54, 1.807) is 51.1 Å². The van der Waals surface area contributed by atoms with Gasteiger partial charge in [0.1, 0.15) is 5.75 Å². The van der Waals surface area contributed by atoms with Crippen LogP contribution in [-0.2, 0) is 4.79 Å². The number of rotatable bonds is 8. The molecular formula is C19H21N5O4S. The fraction of sp³-hybridized carbons (Fsp3) is 0.263. The van der Waals surface area contributed by atoms with Crippen molar-refractivity contribution >= 4 is 23.4 Å². The Morgan fingerprint density at radius 2 is 1.76 bits per heavy atom. The Hall–Kier alpha value is -3.27. The summed E-state index contributed by atoms with van der Waals surface area (Å²) >= 11 is 1.25. The Kier molecular flexibility index (Phi) is 6.55. The number of hydrogen-bond donors (Lipinski definition) is 1. The second-order valence-corrected chi connectivity index (χ2v) is 7.20. The lowest BCUT2D eigenvalue weighted by Gasteiger charge is -2.13. The van der Waals surface area contributed by atoms with Crippen LogP contribution < -0.4 is 19.5 Å². The van der Waals surface area contributed by atoms with Gasteiger partial charge in [0.2, 0.25) is 11.1 Å². The summed E-state index contributed by atoms with van der Waals surface area (Å²) in [6.07, 6.45) is 0. The first kappa shape index (κ1) is 20.5. The quantitative estimate of drug-likeness (QED) is 0.561. The molecule has 0 aliphatic carbocycles. The third-order valence-corrected chi connectivity index (χ3v) is 5.09. The van der Waals surface area contributed by atoms with Crippen LogP contribution in [0.2, 0.25) is 0 Å². The first-order valence-corrected chi connectivity index (χ1v) is 9.56. The third kappa shape index (κ3) is 4.77. The van der Waals surface area contributed by atoms with Gasteiger partial charge in [-0.25, -0.2) is 0 Å². The van der Waals surface area contributed by atoms with Gasteiger partial charge in [0, 0.05) is 11.8 Å². The molecule has 0 saturated heterocycles. The molecular weight excluding hydrogens is 394 g/mol. The smallest absolute Gasteiger partial charge is 0.237 e. The van der Waals surface area contributed by atoms with Gasteiger partial charge in [0.15, 0.2) is 11.5 Å². The highest BCUT2D eigenvalue weighted by Gasteiger charge is 2.20. The predicted molar refractivity (Wildman–Crippen MR) is 109 cm³/mol. The van der Waals surface area contributed by atoms with Gasteiger partial charge in [-0.05, 0) is 53.7 Å². The van der Waals surface area contributed by atoms with Crippen molar-refractivity contribution in [2.24, 2.45) is 0 Å². The molecule has 0 radical (unpaired) electrons. The van der Waals surface area contributed by atoms with E-state index in [0.717, 1.165) is 11.4 Å². The van der Waals surface area contributed by atoms with Crippen LogP contribution in [0.1, 0.15) is 6.92 Å². The van der Waals surface area contributed by atoms with Crippen LogP contribution in [0.25, 0.3) is 5.69 Å². The zero-order valence-corrected chi connectivity index (χ0v) is 17.3. The van der Waals surface area contributed by atoms with E-state index in [-0.39, 0.29) is 5.91 Å². The van der Waals surface area contributed by atoms with Gasteiger partial charge in [-0.2, -0.15) is 4.68 Å². The van der Waals surface area contributed by atoms with Gasteiger partial charge in [0.25, 0.3) is 0 Å². The van der Waals surface area contributed by atoms with E-state index in [9.17, 15) is 4.79 Å². The maximum Gasteiger partial charge on any atom is 0.237 e. The highest BCUT2D eigenvalue weighted by Crippen LogP contribution is 2.30. The monoisotopic (exact) mass is 415 g/mol. The average molecular weight is 415 g/mol. The average Bonchev–Trinajstić information content (AvgIpc) is 3.21. The number of methoxy groups -OCH3 is 3. The van der Waals surface area contributed by atoms with Crippen molar-refractivity contribution in [3.63, 3.8) is 0 Å². The first-order valence-electron chi connectivity index (χ1n) is 8.68. The molecule has 1 aromatic heterocycles. The summed E-state index contributed by atoms with van der Waals surface area (Å²) in [5, 5.41) is 14.7. The van der Waals surface area contributed by atoms with Gasteiger partial charge in [-0.15, -0.1) is 5.10 Å². The van der Waals surface area contributed by atoms with Crippen LogP contribution >= 0.6 is 11.8 Å². The molecule has 0 fully saturated rings. The van der Waals surface area contributed by atoms with Crippen LogP contribution in [0.3, 0.4) is 0 Å². The molecule has 3 rings (SSSR count). The Bertz CT molecular complexity index is 977. The van der Waals surface area contributed by atoms with E-state index >= 15 is 0 Å². The van der Waals surface area contributed by atoms with Crippen molar-refractivity contribution in [2.45, 2.75) is 17.3 Å². The summed E-state index contributed by atoms with van der Waals surface area (Å²) < 4.78 is 17.2. The summed E-state index contributed by atoms with van der Waals surface area (Å²) in [4.78, 5) is 12.6. The van der Waals surface area contributed by atoms with E-state index in [4.69, 9.17) is 14.2 Å². The maximum absolute atomic E-state index is 12.6. The fourth-order valence-corrected chi connectivity index (χ4v) is 3.31. The van der Waals surface area contributed by atoms with Crippen molar-refractivity contribution in [2.75, 3.05) is 26.6 Å². The molecule has 0 unspecified atom stereocenters. The van der Waals surface area contributed by atoms with Crippen molar-refractivity contribution in [3.05, 3.63) is 42.5 Å². The number of nitrogens with one attached hydrogen (secondary N) is 1. The zero-order chi connectivity index (χ0) is 20.8. The lowest BCUT2D eigenvalue weighted by molar-refractivity contribution is -0.115. The SMILES string of the molecule is COc1ccc(-n2nnnc2S[C@H](C)C(=O)Nc2ccc(OC)c(OC)c2)cc1. The minimum Gasteiger partial charge on any atom is -0.497 e. The maximum atomic E-state index is 12.6. The van der Waals surface area contributed by atoms with E-state index in [2.05, 4.69) is 20.8 Å². The number of hydrogen-bond acceptors (Lipinski definition) is 8. The number of amides is 1. The van der Waals surface area contributed by atoms with Gasteiger partial charge < -0.3 is 19.5 Å². The number of carbonyl (C=O) groups excluding carboxylic acids is 1. The van der Waals surface area contributed by atoms with Gasteiger partial charge >= 0.3 is 0 Å². The number of ether oxygens (including phenoxy) is 3. The lowest BCUT2D eigenvalue weighted by Crippen LogP contribution is -2.23. The molecule has 1 atom stereocenters. The minimum atomic E-state index is -0.439. The van der Waals surface area contributed by atoms with Crippen LogP contribution in [0.4, 0.5) is 5.69 Å². The van der Waals surface area contributed by atoms with Crippen molar-refractivity contribution in [1.29, 1.82) is 0 Å². The molecule has 152 valence electrons. The highest BCUT2D eigenvalue weighted by molar-refractivity contribution is 8.00. The van der Waals surface area contributed by atoms with E-state index in [0.29, 0.717) is 22.3 Å². The van der Waals surface area contributed by atoms with Crippen molar-refractivity contribution in [1.82, 2.24) is 20.2 Å². The molecule has 1 amide bonds. The summed E-state index contributed by atoms with van der Waals surface area (Å²) in [6, 6.07) is 12.5. The Morgan fingerprint density at radius 3 is 2.41 bits per heavy atom. The van der Waals surface area contributed by atoms with E-state index in [1.165, 1.54) is 11.8 Å². The van der Waals surface area contributed by atoms with Crippen LogP contribution in [0, 0.1) is 0 Å². The largest absolute Gasteiger partial charge is 0.497 e. The predicted octanol–water partition coefficient (Wildman–Crippen LogP) is 2.81. The molecule has 2 aromatic carbocycles. The molecule has 1 N–H and O–H groups in total. The molecule has 0 saturated carbocycles. The molecule has 9 nitrogen and oxygen atoms in total. The molecule has 0 bridgehead atoms. The van der Waals surface area contributed by atoms with Crippen molar-refractivity contribution < 1.29 is 19.0 Å². The number of thioether (sulfide) groups is 1. The standard InChI is InChI=1S/C19H21N5O4S/c1-12(18(25)20-13-5-10-16(27-3)17(11-13)28-4)29-19-21-22-23-24(19)14-6-8-15(26-2)9-7-14/h5-12H,1-4H3,(H,20,25)/t12-/m1/s1. The highest BCUT2D eigenvalue weighted by atomic mass is 32.2.